The second kappa shape index (κ2) is 6.32. The Kier molecular flexibility index (Phi) is 4.26. The molecule has 3 N–H and O–H groups in total. The summed E-state index contributed by atoms with van der Waals surface area (Å²) in [6.07, 6.45) is 1.05. The number of imidazole rings is 1. The Hall–Kier alpha value is -1.79. The number of anilines is 1. The van der Waals surface area contributed by atoms with Crippen molar-refractivity contribution in [3.8, 4) is 5.75 Å². The third-order valence-electron chi connectivity index (χ3n) is 3.96. The van der Waals surface area contributed by atoms with Gasteiger partial charge in [0.05, 0.1) is 17.6 Å². The molecule has 21 heavy (non-hydrogen) atoms. The molecular formula is C15H23N5O. The number of nitrogens with one attached hydrogen (secondary N) is 1. The monoisotopic (exact) mass is 289 g/mol. The molecule has 0 atom stereocenters. The molecule has 2 heterocycles. The highest BCUT2D eigenvalue weighted by Gasteiger charge is 2.12. The smallest absolute Gasteiger partial charge is 0.198 e. The van der Waals surface area contributed by atoms with Gasteiger partial charge in [0.15, 0.2) is 5.95 Å². The van der Waals surface area contributed by atoms with Crippen molar-refractivity contribution in [2.45, 2.75) is 6.42 Å². The first-order valence-corrected chi connectivity index (χ1v) is 7.50. The van der Waals surface area contributed by atoms with E-state index < -0.39 is 0 Å². The maximum atomic E-state index is 5.80. The number of rotatable bonds is 5. The molecule has 0 bridgehead atoms. The van der Waals surface area contributed by atoms with Crippen LogP contribution in [0, 0.1) is 0 Å². The van der Waals surface area contributed by atoms with E-state index in [9.17, 15) is 0 Å². The summed E-state index contributed by atoms with van der Waals surface area (Å²) in [5.74, 6) is 1.30. The number of benzene rings is 1. The number of nitrogens with two attached hydrogens (primary N) is 1. The number of nitrogens with zero attached hydrogens (tertiary/aromatic N) is 3. The van der Waals surface area contributed by atoms with Crippen LogP contribution in [-0.4, -0.2) is 66.1 Å². The van der Waals surface area contributed by atoms with Crippen molar-refractivity contribution in [3.05, 3.63) is 18.2 Å². The molecule has 6 heteroatoms. The predicted molar refractivity (Wildman–Crippen MR) is 84.6 cm³/mol. The van der Waals surface area contributed by atoms with Crippen molar-refractivity contribution in [3.63, 3.8) is 0 Å². The van der Waals surface area contributed by atoms with Gasteiger partial charge in [0.1, 0.15) is 5.75 Å². The lowest BCUT2D eigenvalue weighted by atomic mass is 10.3. The fraction of sp³-hybridized carbons (Fsp3) is 0.533. The summed E-state index contributed by atoms with van der Waals surface area (Å²) in [6, 6.07) is 5.84. The average molecular weight is 289 g/mol. The third-order valence-corrected chi connectivity index (χ3v) is 3.96. The van der Waals surface area contributed by atoms with Crippen LogP contribution in [0.1, 0.15) is 6.42 Å². The number of hydrogen-bond acceptors (Lipinski definition) is 5. The number of likely N-dealkylation sites (N-methyl/N-ethyl adjacent to an activating group) is 1. The summed E-state index contributed by atoms with van der Waals surface area (Å²) in [6.45, 7) is 6.49. The topological polar surface area (TPSA) is 70.4 Å². The van der Waals surface area contributed by atoms with E-state index in [1.54, 1.807) is 0 Å². The summed E-state index contributed by atoms with van der Waals surface area (Å²) >= 11 is 0. The number of nitrogen functional groups attached to an aromatic ring is 1. The zero-order valence-electron chi connectivity index (χ0n) is 12.5. The first kappa shape index (κ1) is 14.2. The minimum atomic E-state index is 0.442. The van der Waals surface area contributed by atoms with Crippen LogP contribution in [-0.2, 0) is 0 Å². The molecule has 1 aliphatic rings. The van der Waals surface area contributed by atoms with Gasteiger partial charge < -0.3 is 25.3 Å². The average Bonchev–Trinajstić information content (AvgIpc) is 2.85. The van der Waals surface area contributed by atoms with E-state index in [-0.39, 0.29) is 0 Å². The lowest BCUT2D eigenvalue weighted by molar-refractivity contribution is 0.145. The third kappa shape index (κ3) is 3.65. The van der Waals surface area contributed by atoms with E-state index in [0.29, 0.717) is 5.95 Å². The van der Waals surface area contributed by atoms with Gasteiger partial charge in [0.25, 0.3) is 0 Å². The second-order valence-electron chi connectivity index (χ2n) is 5.65. The highest BCUT2D eigenvalue weighted by atomic mass is 16.5. The maximum absolute atomic E-state index is 5.80. The molecule has 0 saturated carbocycles. The minimum absolute atomic E-state index is 0.442. The molecule has 0 aliphatic carbocycles. The summed E-state index contributed by atoms with van der Waals surface area (Å²) in [7, 11) is 2.18. The van der Waals surface area contributed by atoms with Crippen LogP contribution < -0.4 is 10.5 Å². The van der Waals surface area contributed by atoms with Crippen molar-refractivity contribution in [2.75, 3.05) is 52.1 Å². The standard InChI is InChI=1S/C15H23N5O/c1-19-6-8-20(9-7-19)5-2-10-21-12-3-4-13-14(11-12)18-15(16)17-13/h3-4,11H,2,5-10H2,1H3,(H3,16,17,18). The molecule has 1 saturated heterocycles. The molecular weight excluding hydrogens is 266 g/mol. The SMILES string of the molecule is CN1CCN(CCCOc2ccc3[nH]c(N)nc3c2)CC1. The molecule has 0 unspecified atom stereocenters. The molecule has 6 nitrogen and oxygen atoms in total. The van der Waals surface area contributed by atoms with Crippen molar-refractivity contribution >= 4 is 17.0 Å². The first-order valence-electron chi connectivity index (χ1n) is 7.50. The van der Waals surface area contributed by atoms with Crippen LogP contribution in [0.4, 0.5) is 5.95 Å². The Morgan fingerprint density at radius 3 is 2.90 bits per heavy atom. The second-order valence-corrected chi connectivity index (χ2v) is 5.65. The fourth-order valence-electron chi connectivity index (χ4n) is 2.64. The molecule has 1 fully saturated rings. The summed E-state index contributed by atoms with van der Waals surface area (Å²) in [5.41, 5.74) is 7.43. The zero-order valence-corrected chi connectivity index (χ0v) is 12.5. The van der Waals surface area contributed by atoms with Gasteiger partial charge in [-0.25, -0.2) is 4.98 Å². The Labute approximate surface area is 124 Å². The fourth-order valence-corrected chi connectivity index (χ4v) is 2.64. The molecule has 114 valence electrons. The summed E-state index contributed by atoms with van der Waals surface area (Å²) in [5, 5.41) is 0. The van der Waals surface area contributed by atoms with E-state index in [2.05, 4.69) is 26.8 Å². The van der Waals surface area contributed by atoms with Crippen molar-refractivity contribution in [1.29, 1.82) is 0 Å². The normalized spacial score (nSPS) is 17.4. The number of aromatic amines is 1. The van der Waals surface area contributed by atoms with Gasteiger partial charge in [0, 0.05) is 38.8 Å². The number of piperazine rings is 1. The molecule has 0 amide bonds. The van der Waals surface area contributed by atoms with Crippen molar-refractivity contribution in [2.24, 2.45) is 0 Å². The highest BCUT2D eigenvalue weighted by Crippen LogP contribution is 2.19. The van der Waals surface area contributed by atoms with Crippen LogP contribution >= 0.6 is 0 Å². The quantitative estimate of drug-likeness (QED) is 0.808. The van der Waals surface area contributed by atoms with Gasteiger partial charge in [-0.2, -0.15) is 0 Å². The molecule has 0 spiro atoms. The van der Waals surface area contributed by atoms with Crippen LogP contribution in [0.2, 0.25) is 0 Å². The molecule has 3 rings (SSSR count). The lowest BCUT2D eigenvalue weighted by Crippen LogP contribution is -2.44. The van der Waals surface area contributed by atoms with Crippen LogP contribution in [0.3, 0.4) is 0 Å². The number of H-pyrrole nitrogens is 1. The van der Waals surface area contributed by atoms with Crippen LogP contribution in [0.25, 0.3) is 11.0 Å². The Balaban J connectivity index is 1.44. The first-order chi connectivity index (χ1) is 10.2. The van der Waals surface area contributed by atoms with Crippen molar-refractivity contribution < 1.29 is 4.74 Å². The minimum Gasteiger partial charge on any atom is -0.493 e. The molecule has 1 aromatic heterocycles. The van der Waals surface area contributed by atoms with Gasteiger partial charge in [-0.15, -0.1) is 0 Å². The maximum Gasteiger partial charge on any atom is 0.198 e. The van der Waals surface area contributed by atoms with Crippen molar-refractivity contribution in [1.82, 2.24) is 19.8 Å². The summed E-state index contributed by atoms with van der Waals surface area (Å²) < 4.78 is 5.80. The van der Waals surface area contributed by atoms with E-state index >= 15 is 0 Å². The lowest BCUT2D eigenvalue weighted by Gasteiger charge is -2.32. The van der Waals surface area contributed by atoms with E-state index in [1.165, 1.54) is 0 Å². The van der Waals surface area contributed by atoms with Crippen LogP contribution in [0.15, 0.2) is 18.2 Å². The molecule has 1 aliphatic heterocycles. The van der Waals surface area contributed by atoms with Gasteiger partial charge in [-0.3, -0.25) is 0 Å². The number of ether oxygens (including phenoxy) is 1. The summed E-state index contributed by atoms with van der Waals surface area (Å²) in [4.78, 5) is 12.1. The Morgan fingerprint density at radius 2 is 2.10 bits per heavy atom. The van der Waals surface area contributed by atoms with Crippen LogP contribution in [0.5, 0.6) is 5.75 Å². The van der Waals surface area contributed by atoms with Gasteiger partial charge in [-0.1, -0.05) is 0 Å². The molecule has 1 aromatic carbocycles. The number of aromatic nitrogens is 2. The van der Waals surface area contributed by atoms with E-state index in [1.807, 2.05) is 18.2 Å². The van der Waals surface area contributed by atoms with Gasteiger partial charge in [-0.05, 0) is 25.6 Å². The molecule has 2 aromatic rings. The van der Waals surface area contributed by atoms with Gasteiger partial charge in [0.2, 0.25) is 0 Å². The van der Waals surface area contributed by atoms with E-state index in [4.69, 9.17) is 10.5 Å². The van der Waals surface area contributed by atoms with Gasteiger partial charge >= 0.3 is 0 Å². The Morgan fingerprint density at radius 1 is 1.29 bits per heavy atom. The number of hydrogen-bond donors (Lipinski definition) is 2. The molecule has 0 radical (unpaired) electrons. The largest absolute Gasteiger partial charge is 0.493 e. The Bertz CT molecular complexity index is 589. The highest BCUT2D eigenvalue weighted by molar-refractivity contribution is 5.78. The predicted octanol–water partition coefficient (Wildman–Crippen LogP) is 1.16. The zero-order chi connectivity index (χ0) is 14.7. The van der Waals surface area contributed by atoms with E-state index in [0.717, 1.165) is 62.5 Å². The number of fused-ring (bicyclic) bond motifs is 1.